The lowest BCUT2D eigenvalue weighted by atomic mass is 10.1. The summed E-state index contributed by atoms with van der Waals surface area (Å²) in [5.74, 6) is 0. The summed E-state index contributed by atoms with van der Waals surface area (Å²) in [5.41, 5.74) is -0.286. The fourth-order valence-electron chi connectivity index (χ4n) is 2.43. The summed E-state index contributed by atoms with van der Waals surface area (Å²) in [6.07, 6.45) is -3.51. The van der Waals surface area contributed by atoms with Gasteiger partial charge in [0.1, 0.15) is 0 Å². The van der Waals surface area contributed by atoms with Crippen LogP contribution in [0.15, 0.2) is 22.7 Å². The van der Waals surface area contributed by atoms with Crippen LogP contribution in [0.3, 0.4) is 0 Å². The number of halogens is 4. The highest BCUT2D eigenvalue weighted by atomic mass is 79.9. The minimum Gasteiger partial charge on any atom is -0.366 e. The smallest absolute Gasteiger partial charge is 0.366 e. The Morgan fingerprint density at radius 3 is 2.79 bits per heavy atom. The predicted molar refractivity (Wildman–Crippen MR) is 73.4 cm³/mol. The molecule has 1 atom stereocenters. The van der Waals surface area contributed by atoms with Gasteiger partial charge in [-0.1, -0.05) is 22.9 Å². The normalized spacial score (nSPS) is 20.7. The van der Waals surface area contributed by atoms with Gasteiger partial charge < -0.3 is 10.2 Å². The Balaban J connectivity index is 2.43. The lowest BCUT2D eigenvalue weighted by Crippen LogP contribution is -2.51. The molecule has 2 rings (SSSR count). The van der Waals surface area contributed by atoms with Crippen molar-refractivity contribution in [2.75, 3.05) is 24.5 Å². The zero-order valence-electron chi connectivity index (χ0n) is 10.6. The van der Waals surface area contributed by atoms with Gasteiger partial charge in [0.05, 0.1) is 5.56 Å². The van der Waals surface area contributed by atoms with Crippen LogP contribution < -0.4 is 10.2 Å². The van der Waals surface area contributed by atoms with Crippen molar-refractivity contribution < 1.29 is 13.2 Å². The first-order valence-corrected chi connectivity index (χ1v) is 7.07. The van der Waals surface area contributed by atoms with E-state index in [0.717, 1.165) is 19.0 Å². The Bertz CT molecular complexity index is 448. The fourth-order valence-corrected chi connectivity index (χ4v) is 2.79. The first kappa shape index (κ1) is 14.7. The van der Waals surface area contributed by atoms with Gasteiger partial charge >= 0.3 is 6.18 Å². The summed E-state index contributed by atoms with van der Waals surface area (Å²) in [5, 5.41) is 3.22. The molecule has 1 aromatic rings. The molecule has 19 heavy (non-hydrogen) atoms. The molecule has 1 saturated heterocycles. The van der Waals surface area contributed by atoms with Gasteiger partial charge in [0.25, 0.3) is 0 Å². The fraction of sp³-hybridized carbons (Fsp3) is 0.538. The van der Waals surface area contributed by atoms with Gasteiger partial charge in [0.15, 0.2) is 0 Å². The second-order valence-corrected chi connectivity index (χ2v) is 5.53. The van der Waals surface area contributed by atoms with Gasteiger partial charge in [0, 0.05) is 35.8 Å². The lowest BCUT2D eigenvalue weighted by molar-refractivity contribution is -0.137. The molecule has 0 bridgehead atoms. The van der Waals surface area contributed by atoms with Gasteiger partial charge in [-0.05, 0) is 24.6 Å². The van der Waals surface area contributed by atoms with E-state index < -0.39 is 11.7 Å². The van der Waals surface area contributed by atoms with E-state index in [4.69, 9.17) is 0 Å². The van der Waals surface area contributed by atoms with E-state index in [1.165, 1.54) is 0 Å². The van der Waals surface area contributed by atoms with Crippen molar-refractivity contribution in [3.8, 4) is 0 Å². The number of hydrogen-bond acceptors (Lipinski definition) is 2. The van der Waals surface area contributed by atoms with Crippen molar-refractivity contribution in [1.82, 2.24) is 5.32 Å². The van der Waals surface area contributed by atoms with Crippen LogP contribution in [0.25, 0.3) is 0 Å². The molecule has 1 aliphatic heterocycles. The van der Waals surface area contributed by atoms with E-state index in [-0.39, 0.29) is 11.7 Å². The Morgan fingerprint density at radius 1 is 1.42 bits per heavy atom. The van der Waals surface area contributed by atoms with E-state index in [0.29, 0.717) is 17.6 Å². The Labute approximate surface area is 119 Å². The molecule has 0 amide bonds. The molecule has 0 radical (unpaired) electrons. The van der Waals surface area contributed by atoms with Crippen LogP contribution in [0, 0.1) is 0 Å². The Morgan fingerprint density at radius 2 is 2.16 bits per heavy atom. The van der Waals surface area contributed by atoms with Gasteiger partial charge in [-0.15, -0.1) is 0 Å². The van der Waals surface area contributed by atoms with Gasteiger partial charge in [-0.2, -0.15) is 13.2 Å². The molecule has 1 fully saturated rings. The number of anilines is 1. The van der Waals surface area contributed by atoms with Crippen LogP contribution in [-0.2, 0) is 6.18 Å². The van der Waals surface area contributed by atoms with E-state index in [1.54, 1.807) is 12.1 Å². The zero-order valence-corrected chi connectivity index (χ0v) is 12.2. The Kier molecular flexibility index (Phi) is 4.40. The summed E-state index contributed by atoms with van der Waals surface area (Å²) >= 11 is 3.11. The van der Waals surface area contributed by atoms with Gasteiger partial charge in [-0.25, -0.2) is 0 Å². The monoisotopic (exact) mass is 336 g/mol. The summed E-state index contributed by atoms with van der Waals surface area (Å²) < 4.78 is 39.9. The van der Waals surface area contributed by atoms with Crippen molar-refractivity contribution in [1.29, 1.82) is 0 Å². The van der Waals surface area contributed by atoms with Crippen molar-refractivity contribution in [2.45, 2.75) is 25.6 Å². The SMILES string of the molecule is CCC1CNCCN1c1ccc(Br)cc1C(F)(F)F. The minimum absolute atomic E-state index is 0.107. The number of piperazine rings is 1. The third kappa shape index (κ3) is 3.23. The molecule has 106 valence electrons. The van der Waals surface area contributed by atoms with Crippen LogP contribution >= 0.6 is 15.9 Å². The number of hydrogen-bond donors (Lipinski definition) is 1. The maximum Gasteiger partial charge on any atom is 0.418 e. The molecule has 1 unspecified atom stereocenters. The van der Waals surface area contributed by atoms with Crippen molar-refractivity contribution in [2.24, 2.45) is 0 Å². The topological polar surface area (TPSA) is 15.3 Å². The predicted octanol–water partition coefficient (Wildman–Crippen LogP) is 3.66. The summed E-state index contributed by atoms with van der Waals surface area (Å²) in [4.78, 5) is 1.87. The molecule has 1 N–H and O–H groups in total. The molecular formula is C13H16BrF3N2. The zero-order chi connectivity index (χ0) is 14.0. The van der Waals surface area contributed by atoms with Crippen LogP contribution in [-0.4, -0.2) is 25.7 Å². The highest BCUT2D eigenvalue weighted by Crippen LogP contribution is 2.39. The van der Waals surface area contributed by atoms with E-state index >= 15 is 0 Å². The molecule has 2 nitrogen and oxygen atoms in total. The summed E-state index contributed by atoms with van der Waals surface area (Å²) in [6, 6.07) is 4.49. The maximum absolute atomic E-state index is 13.2. The maximum atomic E-state index is 13.2. The van der Waals surface area contributed by atoms with Crippen molar-refractivity contribution in [3.63, 3.8) is 0 Å². The second-order valence-electron chi connectivity index (χ2n) is 4.62. The average molecular weight is 337 g/mol. The number of nitrogens with zero attached hydrogens (tertiary/aromatic N) is 1. The third-order valence-corrected chi connectivity index (χ3v) is 3.89. The van der Waals surface area contributed by atoms with Crippen LogP contribution in [0.1, 0.15) is 18.9 Å². The average Bonchev–Trinajstić information content (AvgIpc) is 2.37. The Hall–Kier alpha value is -0.750. The van der Waals surface area contributed by atoms with Crippen LogP contribution in [0.2, 0.25) is 0 Å². The quantitative estimate of drug-likeness (QED) is 0.886. The summed E-state index contributed by atoms with van der Waals surface area (Å²) in [7, 11) is 0. The largest absolute Gasteiger partial charge is 0.418 e. The van der Waals surface area contributed by atoms with Crippen LogP contribution in [0.4, 0.5) is 18.9 Å². The van der Waals surface area contributed by atoms with Gasteiger partial charge in [-0.3, -0.25) is 0 Å². The van der Waals surface area contributed by atoms with Crippen LogP contribution in [0.5, 0.6) is 0 Å². The highest BCUT2D eigenvalue weighted by molar-refractivity contribution is 9.10. The highest BCUT2D eigenvalue weighted by Gasteiger charge is 2.36. The number of rotatable bonds is 2. The van der Waals surface area contributed by atoms with E-state index in [1.807, 2.05) is 11.8 Å². The summed E-state index contributed by atoms with van der Waals surface area (Å²) in [6.45, 7) is 4.04. The molecule has 0 aromatic heterocycles. The molecular weight excluding hydrogens is 321 g/mol. The molecule has 0 aliphatic carbocycles. The number of alkyl halides is 3. The lowest BCUT2D eigenvalue weighted by Gasteiger charge is -2.38. The minimum atomic E-state index is -4.33. The van der Waals surface area contributed by atoms with Gasteiger partial charge in [0.2, 0.25) is 0 Å². The first-order chi connectivity index (χ1) is 8.93. The molecule has 0 spiro atoms. The molecule has 6 heteroatoms. The van der Waals surface area contributed by atoms with E-state index in [9.17, 15) is 13.2 Å². The second kappa shape index (κ2) is 5.71. The molecule has 0 saturated carbocycles. The standard InChI is InChI=1S/C13H16BrF3N2/c1-2-10-8-18-5-6-19(10)12-4-3-9(14)7-11(12)13(15,16)17/h3-4,7,10,18H,2,5-6,8H2,1H3. The number of nitrogens with one attached hydrogen (secondary N) is 1. The number of benzene rings is 1. The third-order valence-electron chi connectivity index (χ3n) is 3.39. The molecule has 1 heterocycles. The molecule has 1 aromatic carbocycles. The molecule has 1 aliphatic rings. The first-order valence-electron chi connectivity index (χ1n) is 6.27. The van der Waals surface area contributed by atoms with Crippen molar-refractivity contribution in [3.05, 3.63) is 28.2 Å². The van der Waals surface area contributed by atoms with E-state index in [2.05, 4.69) is 21.2 Å². The van der Waals surface area contributed by atoms with Crippen molar-refractivity contribution >= 4 is 21.6 Å².